The van der Waals surface area contributed by atoms with Crippen LogP contribution in [0.3, 0.4) is 0 Å². The molecule has 2 aromatic heterocycles. The number of nitrogens with one attached hydrogen (secondary N) is 1. The predicted molar refractivity (Wildman–Crippen MR) is 87.3 cm³/mol. The summed E-state index contributed by atoms with van der Waals surface area (Å²) in [7, 11) is 0. The lowest BCUT2D eigenvalue weighted by atomic mass is 9.96. The van der Waals surface area contributed by atoms with Gasteiger partial charge < -0.3 is 19.1 Å². The van der Waals surface area contributed by atoms with E-state index in [1.165, 1.54) is 6.26 Å². The van der Waals surface area contributed by atoms with Crippen molar-refractivity contribution in [2.45, 2.75) is 32.7 Å². The van der Waals surface area contributed by atoms with E-state index in [1.54, 1.807) is 17.0 Å². The number of likely N-dealkylation sites (tertiary alicyclic amines) is 1. The van der Waals surface area contributed by atoms with E-state index in [0.717, 1.165) is 24.4 Å². The SMILES string of the molecule is Cc1ccc([C@@H](C)NC(=O)[C@@H]2CCCN(C(=O)c3ccco3)C2)o1. The zero-order valence-corrected chi connectivity index (χ0v) is 14.0. The zero-order chi connectivity index (χ0) is 17.1. The van der Waals surface area contributed by atoms with Crippen molar-refractivity contribution in [2.24, 2.45) is 5.92 Å². The first-order chi connectivity index (χ1) is 11.5. The summed E-state index contributed by atoms with van der Waals surface area (Å²) in [6.07, 6.45) is 3.06. The van der Waals surface area contributed by atoms with Gasteiger partial charge in [-0.05, 0) is 51.0 Å². The van der Waals surface area contributed by atoms with Gasteiger partial charge in [-0.3, -0.25) is 9.59 Å². The first-order valence-corrected chi connectivity index (χ1v) is 8.24. The minimum atomic E-state index is -0.212. The number of furan rings is 2. The van der Waals surface area contributed by atoms with Crippen molar-refractivity contribution in [1.82, 2.24) is 10.2 Å². The molecular formula is C18H22N2O4. The third kappa shape index (κ3) is 3.53. The summed E-state index contributed by atoms with van der Waals surface area (Å²) in [5.41, 5.74) is 0. The molecule has 2 amide bonds. The second-order valence-corrected chi connectivity index (χ2v) is 6.25. The average molecular weight is 330 g/mol. The molecule has 128 valence electrons. The lowest BCUT2D eigenvalue weighted by molar-refractivity contribution is -0.127. The Morgan fingerprint density at radius 1 is 1.33 bits per heavy atom. The summed E-state index contributed by atoms with van der Waals surface area (Å²) >= 11 is 0. The van der Waals surface area contributed by atoms with E-state index in [-0.39, 0.29) is 23.8 Å². The summed E-state index contributed by atoms with van der Waals surface area (Å²) in [4.78, 5) is 26.6. The van der Waals surface area contributed by atoms with Crippen molar-refractivity contribution < 1.29 is 18.4 Å². The number of carbonyl (C=O) groups is 2. The Morgan fingerprint density at radius 2 is 2.17 bits per heavy atom. The van der Waals surface area contributed by atoms with E-state index in [4.69, 9.17) is 8.83 Å². The third-order valence-corrected chi connectivity index (χ3v) is 4.36. The van der Waals surface area contributed by atoms with E-state index in [0.29, 0.717) is 18.8 Å². The van der Waals surface area contributed by atoms with Crippen LogP contribution in [0.25, 0.3) is 0 Å². The Kier molecular flexibility index (Phi) is 4.74. The number of carbonyl (C=O) groups excluding carboxylic acids is 2. The molecule has 1 saturated heterocycles. The lowest BCUT2D eigenvalue weighted by Gasteiger charge is -2.32. The van der Waals surface area contributed by atoms with Crippen LogP contribution in [-0.2, 0) is 4.79 Å². The fraction of sp³-hybridized carbons (Fsp3) is 0.444. The van der Waals surface area contributed by atoms with Crippen LogP contribution in [0.15, 0.2) is 39.4 Å². The molecule has 6 nitrogen and oxygen atoms in total. The normalized spacial score (nSPS) is 19.1. The zero-order valence-electron chi connectivity index (χ0n) is 14.0. The maximum atomic E-state index is 12.5. The fourth-order valence-electron chi connectivity index (χ4n) is 3.02. The summed E-state index contributed by atoms with van der Waals surface area (Å²) in [5, 5.41) is 2.98. The second-order valence-electron chi connectivity index (χ2n) is 6.25. The Labute approximate surface area is 140 Å². The molecule has 2 atom stereocenters. The van der Waals surface area contributed by atoms with Crippen LogP contribution >= 0.6 is 0 Å². The van der Waals surface area contributed by atoms with Gasteiger partial charge in [-0.25, -0.2) is 0 Å². The highest BCUT2D eigenvalue weighted by Crippen LogP contribution is 2.21. The highest BCUT2D eigenvalue weighted by molar-refractivity contribution is 5.92. The van der Waals surface area contributed by atoms with Crippen LogP contribution < -0.4 is 5.32 Å². The van der Waals surface area contributed by atoms with Crippen molar-refractivity contribution in [3.8, 4) is 0 Å². The molecule has 1 aliphatic heterocycles. The number of aryl methyl sites for hydroxylation is 1. The van der Waals surface area contributed by atoms with Gasteiger partial charge in [0.15, 0.2) is 5.76 Å². The molecule has 24 heavy (non-hydrogen) atoms. The van der Waals surface area contributed by atoms with Crippen molar-refractivity contribution in [3.63, 3.8) is 0 Å². The van der Waals surface area contributed by atoms with Crippen molar-refractivity contribution in [2.75, 3.05) is 13.1 Å². The molecule has 0 aromatic carbocycles. The number of rotatable bonds is 4. The number of hydrogen-bond donors (Lipinski definition) is 1. The van der Waals surface area contributed by atoms with Gasteiger partial charge in [0.2, 0.25) is 5.91 Å². The Bertz CT molecular complexity index is 704. The highest BCUT2D eigenvalue weighted by atomic mass is 16.3. The molecule has 0 radical (unpaired) electrons. The van der Waals surface area contributed by atoms with Crippen LogP contribution in [0.2, 0.25) is 0 Å². The van der Waals surface area contributed by atoms with Crippen molar-refractivity contribution in [1.29, 1.82) is 0 Å². The summed E-state index contributed by atoms with van der Waals surface area (Å²) < 4.78 is 10.7. The lowest BCUT2D eigenvalue weighted by Crippen LogP contribution is -2.45. The standard InChI is InChI=1S/C18H22N2O4/c1-12-7-8-15(24-12)13(2)19-17(21)14-5-3-9-20(11-14)18(22)16-6-4-10-23-16/h4,6-8,10,13-14H,3,5,9,11H2,1-2H3,(H,19,21)/t13-,14-/m1/s1. The first kappa shape index (κ1) is 16.4. The Hall–Kier alpha value is -2.50. The van der Waals surface area contributed by atoms with Crippen LogP contribution in [0.5, 0.6) is 0 Å². The monoisotopic (exact) mass is 330 g/mol. The van der Waals surface area contributed by atoms with Crippen LogP contribution in [-0.4, -0.2) is 29.8 Å². The number of nitrogens with zero attached hydrogens (tertiary/aromatic N) is 1. The number of hydrogen-bond acceptors (Lipinski definition) is 4. The smallest absolute Gasteiger partial charge is 0.289 e. The molecule has 2 aromatic rings. The molecule has 0 spiro atoms. The number of piperidine rings is 1. The molecule has 3 heterocycles. The molecule has 6 heteroatoms. The maximum absolute atomic E-state index is 12.5. The summed E-state index contributed by atoms with van der Waals surface area (Å²) in [6, 6.07) is 6.89. The topological polar surface area (TPSA) is 75.7 Å². The molecule has 0 unspecified atom stereocenters. The third-order valence-electron chi connectivity index (χ3n) is 4.36. The van der Waals surface area contributed by atoms with Gasteiger partial charge in [-0.15, -0.1) is 0 Å². The molecule has 0 bridgehead atoms. The number of amides is 2. The fourth-order valence-corrected chi connectivity index (χ4v) is 3.02. The minimum Gasteiger partial charge on any atom is -0.464 e. The van der Waals surface area contributed by atoms with Gasteiger partial charge in [0.1, 0.15) is 11.5 Å². The van der Waals surface area contributed by atoms with Crippen molar-refractivity contribution in [3.05, 3.63) is 47.8 Å². The van der Waals surface area contributed by atoms with Gasteiger partial charge in [0, 0.05) is 13.1 Å². The Balaban J connectivity index is 1.59. The van der Waals surface area contributed by atoms with Crippen LogP contribution in [0, 0.1) is 12.8 Å². The summed E-state index contributed by atoms with van der Waals surface area (Å²) in [5.74, 6) is 1.45. The van der Waals surface area contributed by atoms with Gasteiger partial charge in [-0.2, -0.15) is 0 Å². The van der Waals surface area contributed by atoms with Gasteiger partial charge >= 0.3 is 0 Å². The predicted octanol–water partition coefficient (Wildman–Crippen LogP) is 2.91. The molecule has 1 aliphatic rings. The van der Waals surface area contributed by atoms with Crippen LogP contribution in [0.4, 0.5) is 0 Å². The average Bonchev–Trinajstić information content (AvgIpc) is 3.25. The molecule has 0 saturated carbocycles. The minimum absolute atomic E-state index is 0.0477. The first-order valence-electron chi connectivity index (χ1n) is 8.24. The van der Waals surface area contributed by atoms with Crippen molar-refractivity contribution >= 4 is 11.8 Å². The van der Waals surface area contributed by atoms with Gasteiger partial charge in [0.05, 0.1) is 18.2 Å². The van der Waals surface area contributed by atoms with E-state index in [9.17, 15) is 9.59 Å². The van der Waals surface area contributed by atoms with E-state index in [2.05, 4.69) is 5.32 Å². The Morgan fingerprint density at radius 3 is 2.83 bits per heavy atom. The quantitative estimate of drug-likeness (QED) is 0.935. The highest BCUT2D eigenvalue weighted by Gasteiger charge is 2.30. The molecular weight excluding hydrogens is 308 g/mol. The molecule has 0 aliphatic carbocycles. The van der Waals surface area contributed by atoms with Gasteiger partial charge in [-0.1, -0.05) is 0 Å². The molecule has 1 N–H and O–H groups in total. The summed E-state index contributed by atoms with van der Waals surface area (Å²) in [6.45, 7) is 4.83. The molecule has 1 fully saturated rings. The maximum Gasteiger partial charge on any atom is 0.289 e. The largest absolute Gasteiger partial charge is 0.464 e. The van der Waals surface area contributed by atoms with E-state index in [1.807, 2.05) is 26.0 Å². The van der Waals surface area contributed by atoms with Crippen LogP contribution in [0.1, 0.15) is 47.9 Å². The van der Waals surface area contributed by atoms with Gasteiger partial charge in [0.25, 0.3) is 5.91 Å². The van der Waals surface area contributed by atoms with E-state index < -0.39 is 0 Å². The second kappa shape index (κ2) is 6.95. The molecule has 3 rings (SSSR count). The van der Waals surface area contributed by atoms with E-state index >= 15 is 0 Å².